The van der Waals surface area contributed by atoms with E-state index in [-0.39, 0.29) is 16.9 Å². The second-order valence-corrected chi connectivity index (χ2v) is 9.00. The van der Waals surface area contributed by atoms with Crippen LogP contribution in [0.1, 0.15) is 39.5 Å². The molecule has 0 aromatic carbocycles. The van der Waals surface area contributed by atoms with Gasteiger partial charge in [0.05, 0.1) is 17.5 Å². The number of rotatable bonds is 6. The summed E-state index contributed by atoms with van der Waals surface area (Å²) < 4.78 is 35.5. The van der Waals surface area contributed by atoms with E-state index in [0.717, 1.165) is 38.8 Å². The molecule has 1 N–H and O–H groups in total. The van der Waals surface area contributed by atoms with Crippen LogP contribution in [0, 0.1) is 5.92 Å². The van der Waals surface area contributed by atoms with Gasteiger partial charge < -0.3 is 14.8 Å². The molecule has 124 valence electrons. The molecule has 2 fully saturated rings. The molecule has 2 heterocycles. The van der Waals surface area contributed by atoms with Crippen molar-refractivity contribution in [2.24, 2.45) is 5.92 Å². The number of hydrogen-bond acceptors (Lipinski definition) is 5. The molecule has 6 heteroatoms. The summed E-state index contributed by atoms with van der Waals surface area (Å²) in [5, 5.41) is 3.11. The third-order valence-electron chi connectivity index (χ3n) is 4.92. The lowest BCUT2D eigenvalue weighted by Crippen LogP contribution is -2.53. The predicted octanol–water partition coefficient (Wildman–Crippen LogP) is 1.37. The maximum Gasteiger partial charge on any atom is 0.151 e. The molecule has 0 bridgehead atoms. The zero-order valence-corrected chi connectivity index (χ0v) is 14.2. The Bertz CT molecular complexity index is 431. The first-order chi connectivity index (χ1) is 9.88. The molecule has 0 aromatic heterocycles. The molecule has 2 rings (SSSR count). The summed E-state index contributed by atoms with van der Waals surface area (Å²) in [5.74, 6) is 0.330. The van der Waals surface area contributed by atoms with Crippen LogP contribution in [-0.2, 0) is 19.3 Å². The van der Waals surface area contributed by atoms with Crippen LogP contribution in [0.5, 0.6) is 0 Å². The van der Waals surface area contributed by atoms with Crippen molar-refractivity contribution in [1.82, 2.24) is 5.32 Å². The fourth-order valence-corrected chi connectivity index (χ4v) is 4.38. The van der Waals surface area contributed by atoms with Crippen LogP contribution in [0.2, 0.25) is 0 Å². The van der Waals surface area contributed by atoms with Gasteiger partial charge >= 0.3 is 0 Å². The summed E-state index contributed by atoms with van der Waals surface area (Å²) in [6.07, 6.45) is 5.09. The van der Waals surface area contributed by atoms with Crippen molar-refractivity contribution in [3.8, 4) is 0 Å². The molecule has 0 radical (unpaired) electrons. The lowest BCUT2D eigenvalue weighted by molar-refractivity contribution is -0.103. The first-order valence-electron chi connectivity index (χ1n) is 8.02. The minimum Gasteiger partial charge on any atom is -0.378 e. The molecule has 4 atom stereocenters. The topological polar surface area (TPSA) is 64.6 Å². The van der Waals surface area contributed by atoms with Gasteiger partial charge in [0.2, 0.25) is 0 Å². The maximum absolute atomic E-state index is 12.0. The van der Waals surface area contributed by atoms with Gasteiger partial charge in [0.15, 0.2) is 9.84 Å². The van der Waals surface area contributed by atoms with Gasteiger partial charge in [-0.1, -0.05) is 6.92 Å². The van der Waals surface area contributed by atoms with Gasteiger partial charge in [0.25, 0.3) is 0 Å². The van der Waals surface area contributed by atoms with Crippen LogP contribution >= 0.6 is 0 Å². The fraction of sp³-hybridized carbons (Fsp3) is 1.00. The molecule has 0 aromatic rings. The third-order valence-corrected chi connectivity index (χ3v) is 6.56. The normalized spacial score (nSPS) is 33.2. The Morgan fingerprint density at radius 1 is 1.38 bits per heavy atom. The zero-order valence-electron chi connectivity index (χ0n) is 13.4. The summed E-state index contributed by atoms with van der Waals surface area (Å²) in [4.78, 5) is 0. The number of nitrogens with one attached hydrogen (secondary N) is 1. The standard InChI is InChI=1S/C15H29NO4S/c1-4-7-16-14(12(2)21(3,17)18)13-5-8-20-15(10-13)6-9-19-11-15/h12-14,16H,4-11H2,1-3H3. The molecule has 2 aliphatic rings. The Balaban J connectivity index is 2.11. The molecule has 0 saturated carbocycles. The molecule has 0 amide bonds. The van der Waals surface area contributed by atoms with E-state index in [1.165, 1.54) is 6.26 Å². The molecule has 4 unspecified atom stereocenters. The average Bonchev–Trinajstić information content (AvgIpc) is 2.86. The molecule has 5 nitrogen and oxygen atoms in total. The highest BCUT2D eigenvalue weighted by molar-refractivity contribution is 7.91. The minimum absolute atomic E-state index is 0.00123. The first-order valence-corrected chi connectivity index (χ1v) is 9.97. The Labute approximate surface area is 128 Å². The van der Waals surface area contributed by atoms with Crippen LogP contribution in [0.25, 0.3) is 0 Å². The second-order valence-electron chi connectivity index (χ2n) is 6.60. The van der Waals surface area contributed by atoms with E-state index in [1.54, 1.807) is 0 Å². The largest absolute Gasteiger partial charge is 0.378 e. The summed E-state index contributed by atoms with van der Waals surface area (Å²) in [6.45, 7) is 6.89. The highest BCUT2D eigenvalue weighted by atomic mass is 32.2. The van der Waals surface area contributed by atoms with Gasteiger partial charge in [-0.2, -0.15) is 0 Å². The average molecular weight is 319 g/mol. The highest BCUT2D eigenvalue weighted by Gasteiger charge is 2.44. The Kier molecular flexibility index (Phi) is 5.68. The number of hydrogen-bond donors (Lipinski definition) is 1. The summed E-state index contributed by atoms with van der Waals surface area (Å²) in [5.41, 5.74) is -0.174. The van der Waals surface area contributed by atoms with Gasteiger partial charge in [-0.15, -0.1) is 0 Å². The van der Waals surface area contributed by atoms with Crippen molar-refractivity contribution in [3.05, 3.63) is 0 Å². The zero-order chi connectivity index (χ0) is 15.5. The summed E-state index contributed by atoms with van der Waals surface area (Å²) >= 11 is 0. The quantitative estimate of drug-likeness (QED) is 0.801. The van der Waals surface area contributed by atoms with Crippen molar-refractivity contribution in [1.29, 1.82) is 0 Å². The molecule has 0 aliphatic carbocycles. The Morgan fingerprint density at radius 2 is 2.14 bits per heavy atom. The second kappa shape index (κ2) is 6.94. The monoisotopic (exact) mass is 319 g/mol. The Morgan fingerprint density at radius 3 is 2.71 bits per heavy atom. The smallest absolute Gasteiger partial charge is 0.151 e. The minimum atomic E-state index is -3.05. The predicted molar refractivity (Wildman–Crippen MR) is 83.2 cm³/mol. The third kappa shape index (κ3) is 4.18. The molecule has 21 heavy (non-hydrogen) atoms. The van der Waals surface area contributed by atoms with E-state index >= 15 is 0 Å². The molecule has 1 spiro atoms. The molecular weight excluding hydrogens is 290 g/mol. The van der Waals surface area contributed by atoms with E-state index in [1.807, 2.05) is 6.92 Å². The van der Waals surface area contributed by atoms with E-state index < -0.39 is 9.84 Å². The van der Waals surface area contributed by atoms with Crippen molar-refractivity contribution >= 4 is 9.84 Å². The van der Waals surface area contributed by atoms with Crippen LogP contribution in [0.15, 0.2) is 0 Å². The van der Waals surface area contributed by atoms with Crippen molar-refractivity contribution in [2.45, 2.75) is 56.4 Å². The molecular formula is C15H29NO4S. The van der Waals surface area contributed by atoms with Crippen LogP contribution in [0.4, 0.5) is 0 Å². The van der Waals surface area contributed by atoms with E-state index in [0.29, 0.717) is 19.1 Å². The van der Waals surface area contributed by atoms with Crippen molar-refractivity contribution < 1.29 is 17.9 Å². The van der Waals surface area contributed by atoms with Gasteiger partial charge in [-0.25, -0.2) is 8.42 Å². The van der Waals surface area contributed by atoms with Crippen molar-refractivity contribution in [3.63, 3.8) is 0 Å². The molecule has 2 saturated heterocycles. The van der Waals surface area contributed by atoms with Gasteiger partial charge in [-0.05, 0) is 38.6 Å². The van der Waals surface area contributed by atoms with E-state index in [4.69, 9.17) is 9.47 Å². The van der Waals surface area contributed by atoms with Crippen LogP contribution < -0.4 is 5.32 Å². The van der Waals surface area contributed by atoms with E-state index in [9.17, 15) is 8.42 Å². The van der Waals surface area contributed by atoms with Crippen molar-refractivity contribution in [2.75, 3.05) is 32.6 Å². The van der Waals surface area contributed by atoms with Gasteiger partial charge in [0, 0.05) is 31.9 Å². The van der Waals surface area contributed by atoms with Crippen LogP contribution in [-0.4, -0.2) is 57.9 Å². The maximum atomic E-state index is 12.0. The Hall–Kier alpha value is -0.170. The SMILES string of the molecule is CCCNC(C1CCOC2(CCOC2)C1)C(C)S(C)(=O)=O. The van der Waals surface area contributed by atoms with Gasteiger partial charge in [0.1, 0.15) is 0 Å². The fourth-order valence-electron chi connectivity index (χ4n) is 3.53. The highest BCUT2D eigenvalue weighted by Crippen LogP contribution is 2.38. The van der Waals surface area contributed by atoms with E-state index in [2.05, 4.69) is 12.2 Å². The summed E-state index contributed by atoms with van der Waals surface area (Å²) in [7, 11) is -3.05. The van der Waals surface area contributed by atoms with Gasteiger partial charge in [-0.3, -0.25) is 0 Å². The summed E-state index contributed by atoms with van der Waals surface area (Å²) in [6, 6.07) is 0.00123. The molecule has 2 aliphatic heterocycles. The lowest BCUT2D eigenvalue weighted by Gasteiger charge is -2.42. The van der Waals surface area contributed by atoms with Crippen LogP contribution in [0.3, 0.4) is 0 Å². The lowest BCUT2D eigenvalue weighted by atomic mass is 9.80. The number of ether oxygens (including phenoxy) is 2. The number of sulfone groups is 1. The first kappa shape index (κ1) is 17.2.